The van der Waals surface area contributed by atoms with Gasteiger partial charge in [-0.25, -0.2) is 4.39 Å². The molecule has 1 aliphatic heterocycles. The van der Waals surface area contributed by atoms with E-state index in [1.807, 2.05) is 0 Å². The van der Waals surface area contributed by atoms with Crippen molar-refractivity contribution in [2.75, 3.05) is 32.1 Å². The van der Waals surface area contributed by atoms with Gasteiger partial charge in [-0.2, -0.15) is 0 Å². The van der Waals surface area contributed by atoms with E-state index in [0.29, 0.717) is 43.2 Å². The standard InChI is InChI=1S/C16H18FN3O4S/c1-11(23-13-4-2-12(17)3-5-13)15-18-19-16(24-15)25-10-14(21)20-6-8-22-9-7-20/h2-5,11H,6-10H2,1H3. The van der Waals surface area contributed by atoms with Crippen LogP contribution >= 0.6 is 11.8 Å². The fourth-order valence-electron chi connectivity index (χ4n) is 2.24. The molecule has 2 aromatic rings. The molecule has 0 bridgehead atoms. The van der Waals surface area contributed by atoms with Gasteiger partial charge in [0.1, 0.15) is 11.6 Å². The maximum atomic E-state index is 12.9. The van der Waals surface area contributed by atoms with Crippen LogP contribution in [0, 0.1) is 5.82 Å². The van der Waals surface area contributed by atoms with Gasteiger partial charge in [0.15, 0.2) is 6.10 Å². The molecule has 7 nitrogen and oxygen atoms in total. The first-order valence-corrected chi connectivity index (χ1v) is 8.84. The molecule has 25 heavy (non-hydrogen) atoms. The normalized spacial score (nSPS) is 15.8. The van der Waals surface area contributed by atoms with Crippen molar-refractivity contribution in [2.24, 2.45) is 0 Å². The van der Waals surface area contributed by atoms with E-state index < -0.39 is 6.10 Å². The number of rotatable bonds is 6. The molecule has 1 atom stereocenters. The van der Waals surface area contributed by atoms with Crippen LogP contribution in [-0.2, 0) is 9.53 Å². The highest BCUT2D eigenvalue weighted by atomic mass is 32.2. The molecular formula is C16H18FN3O4S. The van der Waals surface area contributed by atoms with Crippen molar-refractivity contribution >= 4 is 17.7 Å². The lowest BCUT2D eigenvalue weighted by molar-refractivity contribution is -0.132. The van der Waals surface area contributed by atoms with Gasteiger partial charge < -0.3 is 18.8 Å². The van der Waals surface area contributed by atoms with Crippen molar-refractivity contribution in [3.8, 4) is 5.75 Å². The van der Waals surface area contributed by atoms with Gasteiger partial charge in [0, 0.05) is 13.1 Å². The minimum absolute atomic E-state index is 0.0173. The Balaban J connectivity index is 1.51. The number of hydrogen-bond acceptors (Lipinski definition) is 7. The van der Waals surface area contributed by atoms with Gasteiger partial charge in [-0.3, -0.25) is 4.79 Å². The number of thioether (sulfide) groups is 1. The van der Waals surface area contributed by atoms with Crippen molar-refractivity contribution in [1.82, 2.24) is 15.1 Å². The molecule has 1 saturated heterocycles. The van der Waals surface area contributed by atoms with Crippen LogP contribution < -0.4 is 4.74 Å². The number of hydrogen-bond donors (Lipinski definition) is 0. The summed E-state index contributed by atoms with van der Waals surface area (Å²) < 4.78 is 29.3. The largest absolute Gasteiger partial charge is 0.481 e. The summed E-state index contributed by atoms with van der Waals surface area (Å²) in [5.74, 6) is 0.717. The number of aromatic nitrogens is 2. The number of benzene rings is 1. The Kier molecular flexibility index (Phi) is 5.87. The second-order valence-corrected chi connectivity index (χ2v) is 6.33. The van der Waals surface area contributed by atoms with Crippen molar-refractivity contribution in [3.63, 3.8) is 0 Å². The summed E-state index contributed by atoms with van der Waals surface area (Å²) in [4.78, 5) is 13.8. The lowest BCUT2D eigenvalue weighted by Crippen LogP contribution is -2.41. The molecule has 0 spiro atoms. The SMILES string of the molecule is CC(Oc1ccc(F)cc1)c1nnc(SCC(=O)N2CCOCC2)o1. The molecule has 1 aromatic heterocycles. The van der Waals surface area contributed by atoms with E-state index in [2.05, 4.69) is 10.2 Å². The number of ether oxygens (including phenoxy) is 2. The Bertz CT molecular complexity index is 704. The molecule has 2 heterocycles. The molecule has 0 saturated carbocycles. The van der Waals surface area contributed by atoms with E-state index in [9.17, 15) is 9.18 Å². The van der Waals surface area contributed by atoms with E-state index in [1.54, 1.807) is 11.8 Å². The lowest BCUT2D eigenvalue weighted by Gasteiger charge is -2.26. The topological polar surface area (TPSA) is 77.7 Å². The van der Waals surface area contributed by atoms with Crippen LogP contribution in [0.4, 0.5) is 4.39 Å². The molecule has 1 amide bonds. The van der Waals surface area contributed by atoms with E-state index in [-0.39, 0.29) is 17.5 Å². The zero-order valence-electron chi connectivity index (χ0n) is 13.7. The molecule has 9 heteroatoms. The van der Waals surface area contributed by atoms with Crippen molar-refractivity contribution in [1.29, 1.82) is 0 Å². The zero-order chi connectivity index (χ0) is 17.6. The summed E-state index contributed by atoms with van der Waals surface area (Å²) in [7, 11) is 0. The molecule has 3 rings (SSSR count). The predicted octanol–water partition coefficient (Wildman–Crippen LogP) is 2.30. The molecule has 0 radical (unpaired) electrons. The number of nitrogens with zero attached hydrogens (tertiary/aromatic N) is 3. The first kappa shape index (κ1) is 17.7. The van der Waals surface area contributed by atoms with Gasteiger partial charge in [-0.15, -0.1) is 10.2 Å². The third-order valence-corrected chi connectivity index (χ3v) is 4.38. The molecule has 0 N–H and O–H groups in total. The second kappa shape index (κ2) is 8.30. The van der Waals surface area contributed by atoms with Gasteiger partial charge in [-0.05, 0) is 31.2 Å². The lowest BCUT2D eigenvalue weighted by atomic mass is 10.3. The van der Waals surface area contributed by atoms with Gasteiger partial charge in [0.2, 0.25) is 5.91 Å². The Morgan fingerprint density at radius 2 is 2.04 bits per heavy atom. The van der Waals surface area contributed by atoms with Crippen LogP contribution in [0.1, 0.15) is 18.9 Å². The third-order valence-electron chi connectivity index (χ3n) is 3.58. The number of carbonyl (C=O) groups excluding carboxylic acids is 1. The molecular weight excluding hydrogens is 349 g/mol. The van der Waals surface area contributed by atoms with Crippen LogP contribution in [0.2, 0.25) is 0 Å². The van der Waals surface area contributed by atoms with E-state index in [4.69, 9.17) is 13.9 Å². The third kappa shape index (κ3) is 4.93. The van der Waals surface area contributed by atoms with Gasteiger partial charge in [0.05, 0.1) is 19.0 Å². The molecule has 1 fully saturated rings. The van der Waals surface area contributed by atoms with Gasteiger partial charge in [-0.1, -0.05) is 11.8 Å². The highest BCUT2D eigenvalue weighted by molar-refractivity contribution is 7.99. The Hall–Kier alpha value is -2.13. The van der Waals surface area contributed by atoms with E-state index in [1.165, 1.54) is 36.0 Å². The Morgan fingerprint density at radius 1 is 1.32 bits per heavy atom. The van der Waals surface area contributed by atoms with Gasteiger partial charge >= 0.3 is 0 Å². The molecule has 1 unspecified atom stereocenters. The van der Waals surface area contributed by atoms with Crippen LogP contribution in [0.5, 0.6) is 5.75 Å². The number of morpholine rings is 1. The predicted molar refractivity (Wildman–Crippen MR) is 87.9 cm³/mol. The number of halogens is 1. The van der Waals surface area contributed by atoms with Crippen LogP contribution in [0.15, 0.2) is 33.9 Å². The maximum absolute atomic E-state index is 12.9. The summed E-state index contributed by atoms with van der Waals surface area (Å²) in [6.45, 7) is 4.11. The van der Waals surface area contributed by atoms with Crippen molar-refractivity contribution in [3.05, 3.63) is 36.0 Å². The minimum Gasteiger partial charge on any atom is -0.481 e. The summed E-state index contributed by atoms with van der Waals surface area (Å²) in [5, 5.41) is 8.17. The highest BCUT2D eigenvalue weighted by Gasteiger charge is 2.20. The first-order valence-electron chi connectivity index (χ1n) is 7.86. The van der Waals surface area contributed by atoms with Crippen LogP contribution in [-0.4, -0.2) is 53.1 Å². The van der Waals surface area contributed by atoms with Crippen LogP contribution in [0.3, 0.4) is 0 Å². The molecule has 1 aliphatic rings. The van der Waals surface area contributed by atoms with Crippen molar-refractivity contribution in [2.45, 2.75) is 18.3 Å². The fraction of sp³-hybridized carbons (Fsp3) is 0.438. The number of carbonyl (C=O) groups is 1. The second-order valence-electron chi connectivity index (χ2n) is 5.40. The summed E-state index contributed by atoms with van der Waals surface area (Å²) in [5.41, 5.74) is 0. The summed E-state index contributed by atoms with van der Waals surface area (Å²) >= 11 is 1.19. The summed E-state index contributed by atoms with van der Waals surface area (Å²) in [6.07, 6.45) is -0.484. The maximum Gasteiger partial charge on any atom is 0.277 e. The summed E-state index contributed by atoms with van der Waals surface area (Å²) in [6, 6.07) is 5.68. The smallest absolute Gasteiger partial charge is 0.277 e. The highest BCUT2D eigenvalue weighted by Crippen LogP contribution is 2.24. The molecule has 1 aromatic carbocycles. The molecule has 134 valence electrons. The average Bonchev–Trinajstić information content (AvgIpc) is 3.11. The number of amides is 1. The Labute approximate surface area is 148 Å². The first-order chi connectivity index (χ1) is 12.1. The minimum atomic E-state index is -0.484. The molecule has 0 aliphatic carbocycles. The van der Waals surface area contributed by atoms with Crippen LogP contribution in [0.25, 0.3) is 0 Å². The van der Waals surface area contributed by atoms with E-state index >= 15 is 0 Å². The fourth-order valence-corrected chi connectivity index (χ4v) is 2.91. The zero-order valence-corrected chi connectivity index (χ0v) is 14.5. The quantitative estimate of drug-likeness (QED) is 0.725. The monoisotopic (exact) mass is 367 g/mol. The van der Waals surface area contributed by atoms with E-state index in [0.717, 1.165) is 0 Å². The average molecular weight is 367 g/mol. The van der Waals surface area contributed by atoms with Gasteiger partial charge in [0.25, 0.3) is 11.1 Å². The Morgan fingerprint density at radius 3 is 2.76 bits per heavy atom. The van der Waals surface area contributed by atoms with Crippen molar-refractivity contribution < 1.29 is 23.1 Å².